The lowest BCUT2D eigenvalue weighted by Gasteiger charge is -2.18. The molecule has 0 unspecified atom stereocenters. The van der Waals surface area contributed by atoms with Crippen molar-refractivity contribution in [2.24, 2.45) is 5.41 Å². The van der Waals surface area contributed by atoms with Crippen molar-refractivity contribution >= 4 is 28.6 Å². The van der Waals surface area contributed by atoms with Crippen molar-refractivity contribution in [3.63, 3.8) is 0 Å². The Morgan fingerprint density at radius 3 is 2.40 bits per heavy atom. The van der Waals surface area contributed by atoms with Gasteiger partial charge >= 0.3 is 5.97 Å². The molecule has 0 aliphatic heterocycles. The van der Waals surface area contributed by atoms with Gasteiger partial charge < -0.3 is 4.74 Å². The first-order valence-corrected chi connectivity index (χ1v) is 4.80. The summed E-state index contributed by atoms with van der Waals surface area (Å²) < 4.78 is 5.65. The van der Waals surface area contributed by atoms with Crippen LogP contribution in [0.5, 0.6) is 0 Å². The highest BCUT2D eigenvalue weighted by atomic mass is 127. The van der Waals surface area contributed by atoms with Crippen LogP contribution in [0.1, 0.15) is 20.8 Å². The van der Waals surface area contributed by atoms with Gasteiger partial charge in [0.25, 0.3) is 0 Å². The highest BCUT2D eigenvalue weighted by Gasteiger charge is 2.27. The van der Waals surface area contributed by atoms with Crippen LogP contribution in [0.2, 0.25) is 0 Å². The van der Waals surface area contributed by atoms with Crippen molar-refractivity contribution in [3.8, 4) is 0 Å². The van der Waals surface area contributed by atoms with Crippen LogP contribution >= 0.6 is 22.6 Å². The molecule has 0 aromatic rings. The summed E-state index contributed by atoms with van der Waals surface area (Å²) in [7, 11) is 0. The van der Waals surface area contributed by atoms with E-state index < -0.39 is 0 Å². The summed E-state index contributed by atoms with van der Waals surface area (Å²) >= 11 is 2.18. The molecule has 0 saturated heterocycles. The van der Waals surface area contributed by atoms with E-state index in [1.54, 1.807) is 0 Å². The fourth-order valence-electron chi connectivity index (χ4n) is 0.381. The van der Waals surface area contributed by atoms with Crippen LogP contribution in [0, 0.1) is 5.41 Å². The molecule has 0 aliphatic rings. The molecule has 0 aliphatic carbocycles. The highest BCUT2D eigenvalue weighted by Crippen LogP contribution is 2.19. The fourth-order valence-corrected chi connectivity index (χ4v) is 0.692. The van der Waals surface area contributed by atoms with Gasteiger partial charge in [-0.15, -0.1) is 0 Å². The number of halogens is 1. The zero-order chi connectivity index (χ0) is 8.20. The number of carbonyl (C=O) groups is 1. The van der Waals surface area contributed by atoms with Crippen LogP contribution in [0.25, 0.3) is 0 Å². The number of hydrogen-bond acceptors (Lipinski definition) is 2. The third kappa shape index (κ3) is 2.86. The van der Waals surface area contributed by atoms with Crippen LogP contribution in [0.4, 0.5) is 0 Å². The van der Waals surface area contributed by atoms with Crippen molar-refractivity contribution in [2.45, 2.75) is 20.8 Å². The minimum atomic E-state index is -0.323. The van der Waals surface area contributed by atoms with E-state index in [4.69, 9.17) is 4.74 Å². The number of hydrogen-bond donors (Lipinski definition) is 0. The van der Waals surface area contributed by atoms with Gasteiger partial charge in [0.05, 0.1) is 12.0 Å². The molecule has 0 saturated carbocycles. The Hall–Kier alpha value is 0.200. The number of esters is 1. The van der Waals surface area contributed by atoms with Gasteiger partial charge in [-0.25, -0.2) is 0 Å². The molecular weight excluding hydrogens is 243 g/mol. The highest BCUT2D eigenvalue weighted by molar-refractivity contribution is 14.1. The SMILES string of the molecule is CCOC(=O)C(C)(C)CI. The van der Waals surface area contributed by atoms with Gasteiger partial charge in [-0.2, -0.15) is 0 Å². The van der Waals surface area contributed by atoms with Gasteiger partial charge in [-0.1, -0.05) is 22.6 Å². The molecular formula is C7H13IO2. The lowest BCUT2D eigenvalue weighted by Crippen LogP contribution is -2.27. The first kappa shape index (κ1) is 10.2. The van der Waals surface area contributed by atoms with Crippen molar-refractivity contribution in [1.82, 2.24) is 0 Å². The Morgan fingerprint density at radius 2 is 2.10 bits per heavy atom. The third-order valence-corrected chi connectivity index (χ3v) is 3.07. The van der Waals surface area contributed by atoms with E-state index >= 15 is 0 Å². The maximum atomic E-state index is 11.1. The molecule has 10 heavy (non-hydrogen) atoms. The topological polar surface area (TPSA) is 26.3 Å². The minimum absolute atomic E-state index is 0.107. The largest absolute Gasteiger partial charge is 0.466 e. The smallest absolute Gasteiger partial charge is 0.312 e. The number of ether oxygens (including phenoxy) is 1. The average molecular weight is 256 g/mol. The maximum Gasteiger partial charge on any atom is 0.312 e. The molecule has 0 N–H and O–H groups in total. The molecule has 0 bridgehead atoms. The molecule has 0 heterocycles. The fraction of sp³-hybridized carbons (Fsp3) is 0.857. The zero-order valence-electron chi connectivity index (χ0n) is 6.61. The summed E-state index contributed by atoms with van der Waals surface area (Å²) in [5.41, 5.74) is -0.323. The number of carbonyl (C=O) groups excluding carboxylic acids is 1. The van der Waals surface area contributed by atoms with E-state index in [2.05, 4.69) is 22.6 Å². The van der Waals surface area contributed by atoms with E-state index in [9.17, 15) is 4.79 Å². The lowest BCUT2D eigenvalue weighted by molar-refractivity contribution is -0.151. The summed E-state index contributed by atoms with van der Waals surface area (Å²) in [5, 5.41) is 0. The van der Waals surface area contributed by atoms with Crippen LogP contribution < -0.4 is 0 Å². The molecule has 0 fully saturated rings. The molecule has 3 heteroatoms. The lowest BCUT2D eigenvalue weighted by atomic mass is 9.97. The monoisotopic (exact) mass is 256 g/mol. The molecule has 0 spiro atoms. The molecule has 0 rings (SSSR count). The standard InChI is InChI=1S/C7H13IO2/c1-4-10-6(9)7(2,3)5-8/h4-5H2,1-3H3. The van der Waals surface area contributed by atoms with E-state index in [-0.39, 0.29) is 11.4 Å². The second-order valence-corrected chi connectivity index (χ2v) is 3.50. The Bertz CT molecular complexity index is 121. The van der Waals surface area contributed by atoms with Gasteiger partial charge in [-0.3, -0.25) is 4.79 Å². The Morgan fingerprint density at radius 1 is 1.60 bits per heavy atom. The van der Waals surface area contributed by atoms with Crippen molar-refractivity contribution in [1.29, 1.82) is 0 Å². The van der Waals surface area contributed by atoms with Crippen molar-refractivity contribution in [2.75, 3.05) is 11.0 Å². The Labute approximate surface area is 75.5 Å². The van der Waals surface area contributed by atoms with E-state index in [0.717, 1.165) is 4.43 Å². The second-order valence-electron chi connectivity index (χ2n) is 2.74. The zero-order valence-corrected chi connectivity index (χ0v) is 8.77. The third-order valence-electron chi connectivity index (χ3n) is 1.16. The predicted molar refractivity (Wildman–Crippen MR) is 49.3 cm³/mol. The van der Waals surface area contributed by atoms with Gasteiger partial charge in [0, 0.05) is 4.43 Å². The van der Waals surface area contributed by atoms with Gasteiger partial charge in [0.2, 0.25) is 0 Å². The molecule has 2 nitrogen and oxygen atoms in total. The normalized spacial score (nSPS) is 11.2. The summed E-state index contributed by atoms with van der Waals surface area (Å²) in [6.45, 7) is 6.06. The quantitative estimate of drug-likeness (QED) is 0.438. The minimum Gasteiger partial charge on any atom is -0.466 e. The summed E-state index contributed by atoms with van der Waals surface area (Å²) in [4.78, 5) is 11.1. The first-order valence-electron chi connectivity index (χ1n) is 3.27. The molecule has 0 aromatic heterocycles. The molecule has 0 atom stereocenters. The second kappa shape index (κ2) is 4.16. The maximum absolute atomic E-state index is 11.1. The number of rotatable bonds is 3. The van der Waals surface area contributed by atoms with E-state index in [1.165, 1.54) is 0 Å². The van der Waals surface area contributed by atoms with E-state index in [0.29, 0.717) is 6.61 Å². The molecule has 60 valence electrons. The van der Waals surface area contributed by atoms with Gasteiger partial charge in [-0.05, 0) is 20.8 Å². The van der Waals surface area contributed by atoms with Crippen LogP contribution in [0.3, 0.4) is 0 Å². The Balaban J connectivity index is 3.91. The molecule has 0 aromatic carbocycles. The molecule has 0 amide bonds. The predicted octanol–water partition coefficient (Wildman–Crippen LogP) is 2.01. The average Bonchev–Trinajstić information content (AvgIpc) is 1.89. The van der Waals surface area contributed by atoms with Gasteiger partial charge in [0.1, 0.15) is 0 Å². The van der Waals surface area contributed by atoms with Crippen molar-refractivity contribution < 1.29 is 9.53 Å². The summed E-state index contributed by atoms with van der Waals surface area (Å²) in [6, 6.07) is 0. The van der Waals surface area contributed by atoms with Crippen LogP contribution in [-0.4, -0.2) is 17.0 Å². The van der Waals surface area contributed by atoms with Crippen LogP contribution in [0.15, 0.2) is 0 Å². The number of alkyl halides is 1. The van der Waals surface area contributed by atoms with Crippen molar-refractivity contribution in [3.05, 3.63) is 0 Å². The summed E-state index contributed by atoms with van der Waals surface area (Å²) in [6.07, 6.45) is 0. The Kier molecular flexibility index (Phi) is 4.24. The first-order chi connectivity index (χ1) is 4.54. The summed E-state index contributed by atoms with van der Waals surface area (Å²) in [5.74, 6) is -0.107. The molecule has 0 radical (unpaired) electrons. The van der Waals surface area contributed by atoms with E-state index in [1.807, 2.05) is 20.8 Å². The van der Waals surface area contributed by atoms with Gasteiger partial charge in [0.15, 0.2) is 0 Å². The van der Waals surface area contributed by atoms with Crippen LogP contribution in [-0.2, 0) is 9.53 Å².